The van der Waals surface area contributed by atoms with Gasteiger partial charge in [0.2, 0.25) is 10.0 Å². The molecule has 1 aromatic heterocycles. The van der Waals surface area contributed by atoms with E-state index < -0.39 is 21.8 Å². The average Bonchev–Trinajstić information content (AvgIpc) is 3.43. The molecule has 3 aromatic rings. The van der Waals surface area contributed by atoms with Crippen molar-refractivity contribution < 1.29 is 26.4 Å². The SMILES string of the molecule is O=C(c1csc(C2CCN(S(=O)(=O)c3ccccc3)CC2)n1)N1CCN(c2cccc(C(F)(F)F)c2)CC1. The minimum atomic E-state index is -4.40. The Hall–Kier alpha value is -2.96. The van der Waals surface area contributed by atoms with Crippen LogP contribution in [0.3, 0.4) is 0 Å². The minimum absolute atomic E-state index is 0.0847. The second-order valence-electron chi connectivity index (χ2n) is 9.39. The molecule has 2 fully saturated rings. The van der Waals surface area contributed by atoms with Gasteiger partial charge in [0.05, 0.1) is 15.5 Å². The van der Waals surface area contributed by atoms with Crippen LogP contribution in [0.4, 0.5) is 18.9 Å². The van der Waals surface area contributed by atoms with E-state index in [1.165, 1.54) is 21.7 Å². The maximum atomic E-state index is 13.1. The summed E-state index contributed by atoms with van der Waals surface area (Å²) in [7, 11) is -3.53. The van der Waals surface area contributed by atoms with Gasteiger partial charge in [0, 0.05) is 56.3 Å². The molecule has 2 aliphatic rings. The van der Waals surface area contributed by atoms with Crippen LogP contribution in [0.25, 0.3) is 0 Å². The van der Waals surface area contributed by atoms with E-state index in [9.17, 15) is 26.4 Å². The molecule has 0 unspecified atom stereocenters. The summed E-state index contributed by atoms with van der Waals surface area (Å²) in [6.07, 6.45) is -3.14. The molecule has 2 saturated heterocycles. The Morgan fingerprint density at radius 1 is 0.921 bits per heavy atom. The minimum Gasteiger partial charge on any atom is -0.368 e. The Kier molecular flexibility index (Phi) is 7.47. The zero-order valence-electron chi connectivity index (χ0n) is 20.5. The van der Waals surface area contributed by atoms with Crippen LogP contribution in [0, 0.1) is 0 Å². The smallest absolute Gasteiger partial charge is 0.368 e. The van der Waals surface area contributed by atoms with E-state index in [0.717, 1.165) is 17.1 Å². The first-order valence-electron chi connectivity index (χ1n) is 12.3. The van der Waals surface area contributed by atoms with Gasteiger partial charge in [-0.25, -0.2) is 13.4 Å². The van der Waals surface area contributed by atoms with Gasteiger partial charge in [0.25, 0.3) is 5.91 Å². The molecule has 0 spiro atoms. The normalized spacial score (nSPS) is 18.1. The molecule has 2 aromatic carbocycles. The number of nitrogens with zero attached hydrogens (tertiary/aromatic N) is 4. The van der Waals surface area contributed by atoms with Crippen molar-refractivity contribution in [2.24, 2.45) is 0 Å². The molecule has 0 saturated carbocycles. The standard InChI is InChI=1S/C26H27F3N4O3S2/c27-26(28,29)20-5-4-6-21(17-20)31-13-15-32(16-14-31)25(34)23-18-37-24(30-23)19-9-11-33(12-10-19)38(35,36)22-7-2-1-3-8-22/h1-8,17-19H,9-16H2. The fraction of sp³-hybridized carbons (Fsp3) is 0.385. The highest BCUT2D eigenvalue weighted by Gasteiger charge is 2.33. The summed E-state index contributed by atoms with van der Waals surface area (Å²) in [5.74, 6) is -0.109. The Morgan fingerprint density at radius 2 is 1.61 bits per heavy atom. The molecule has 0 radical (unpaired) electrons. The first-order valence-corrected chi connectivity index (χ1v) is 14.7. The fourth-order valence-electron chi connectivity index (χ4n) is 4.87. The third-order valence-corrected chi connectivity index (χ3v) is 9.95. The van der Waals surface area contributed by atoms with E-state index >= 15 is 0 Å². The van der Waals surface area contributed by atoms with Crippen LogP contribution in [0.2, 0.25) is 0 Å². The monoisotopic (exact) mass is 564 g/mol. The van der Waals surface area contributed by atoms with Crippen molar-refractivity contribution in [2.45, 2.75) is 29.8 Å². The van der Waals surface area contributed by atoms with Crippen molar-refractivity contribution in [2.75, 3.05) is 44.2 Å². The van der Waals surface area contributed by atoms with Gasteiger partial charge in [0.1, 0.15) is 5.69 Å². The lowest BCUT2D eigenvalue weighted by molar-refractivity contribution is -0.137. The molecule has 7 nitrogen and oxygen atoms in total. The van der Waals surface area contributed by atoms with Crippen LogP contribution < -0.4 is 4.90 Å². The fourth-order valence-corrected chi connectivity index (χ4v) is 7.32. The van der Waals surface area contributed by atoms with E-state index in [1.54, 1.807) is 46.7 Å². The number of rotatable bonds is 5. The highest BCUT2D eigenvalue weighted by atomic mass is 32.2. The second kappa shape index (κ2) is 10.7. The number of hydrogen-bond donors (Lipinski definition) is 0. The molecule has 5 rings (SSSR count). The molecule has 202 valence electrons. The number of amides is 1. The summed E-state index contributed by atoms with van der Waals surface area (Å²) >= 11 is 1.41. The van der Waals surface area contributed by atoms with Crippen LogP contribution in [-0.4, -0.2) is 67.8 Å². The topological polar surface area (TPSA) is 73.8 Å². The van der Waals surface area contributed by atoms with Crippen molar-refractivity contribution >= 4 is 33.0 Å². The van der Waals surface area contributed by atoms with Gasteiger partial charge in [-0.2, -0.15) is 17.5 Å². The van der Waals surface area contributed by atoms with Crippen molar-refractivity contribution in [1.29, 1.82) is 0 Å². The molecular formula is C26H27F3N4O3S2. The van der Waals surface area contributed by atoms with Crippen molar-refractivity contribution in [1.82, 2.24) is 14.2 Å². The Morgan fingerprint density at radius 3 is 2.26 bits per heavy atom. The number of anilines is 1. The zero-order valence-corrected chi connectivity index (χ0v) is 22.1. The molecule has 1 amide bonds. The van der Waals surface area contributed by atoms with Gasteiger partial charge < -0.3 is 9.80 Å². The number of carbonyl (C=O) groups excluding carboxylic acids is 1. The van der Waals surface area contributed by atoms with Gasteiger partial charge in [-0.1, -0.05) is 24.3 Å². The van der Waals surface area contributed by atoms with E-state index in [1.807, 2.05) is 4.90 Å². The summed E-state index contributed by atoms with van der Waals surface area (Å²) in [6, 6.07) is 13.6. The lowest BCUT2D eigenvalue weighted by Crippen LogP contribution is -2.49. The Bertz CT molecular complexity index is 1380. The quantitative estimate of drug-likeness (QED) is 0.450. The van der Waals surface area contributed by atoms with E-state index in [-0.39, 0.29) is 16.7 Å². The maximum Gasteiger partial charge on any atom is 0.416 e. The highest BCUT2D eigenvalue weighted by Crippen LogP contribution is 2.34. The van der Waals surface area contributed by atoms with Crippen LogP contribution in [-0.2, 0) is 16.2 Å². The molecule has 2 aliphatic heterocycles. The number of alkyl halides is 3. The third kappa shape index (κ3) is 5.57. The molecule has 0 bridgehead atoms. The third-order valence-electron chi connectivity index (χ3n) is 7.03. The average molecular weight is 565 g/mol. The predicted molar refractivity (Wildman–Crippen MR) is 139 cm³/mol. The summed E-state index contributed by atoms with van der Waals surface area (Å²) in [4.78, 5) is 21.5. The van der Waals surface area contributed by atoms with Gasteiger partial charge in [0.15, 0.2) is 0 Å². The number of thiazole rings is 1. The van der Waals surface area contributed by atoms with E-state index in [4.69, 9.17) is 0 Å². The second-order valence-corrected chi connectivity index (χ2v) is 12.2. The van der Waals surface area contributed by atoms with Crippen molar-refractivity contribution in [3.05, 3.63) is 76.2 Å². The molecule has 0 aliphatic carbocycles. The molecular weight excluding hydrogens is 537 g/mol. The van der Waals surface area contributed by atoms with Gasteiger partial charge in [-0.3, -0.25) is 4.79 Å². The number of hydrogen-bond acceptors (Lipinski definition) is 6. The Labute approximate surface area is 223 Å². The van der Waals surface area contributed by atoms with Gasteiger partial charge >= 0.3 is 6.18 Å². The number of piperidine rings is 1. The Balaban J connectivity index is 1.16. The summed E-state index contributed by atoms with van der Waals surface area (Å²) in [5, 5.41) is 2.57. The molecule has 38 heavy (non-hydrogen) atoms. The number of aromatic nitrogens is 1. The van der Waals surface area contributed by atoms with E-state index in [2.05, 4.69) is 4.98 Å². The van der Waals surface area contributed by atoms with Crippen LogP contribution in [0.15, 0.2) is 64.9 Å². The number of carbonyl (C=O) groups is 1. The van der Waals surface area contributed by atoms with Gasteiger partial charge in [-0.15, -0.1) is 11.3 Å². The molecule has 0 atom stereocenters. The largest absolute Gasteiger partial charge is 0.416 e. The van der Waals surface area contributed by atoms with E-state index in [0.29, 0.717) is 63.5 Å². The zero-order chi connectivity index (χ0) is 26.9. The lowest BCUT2D eigenvalue weighted by Gasteiger charge is -2.36. The van der Waals surface area contributed by atoms with Crippen LogP contribution >= 0.6 is 11.3 Å². The first kappa shape index (κ1) is 26.6. The summed E-state index contributed by atoms with van der Waals surface area (Å²) in [5.41, 5.74) is 0.160. The van der Waals surface area contributed by atoms with Crippen LogP contribution in [0.1, 0.15) is 39.8 Å². The number of halogens is 3. The molecule has 0 N–H and O–H groups in total. The maximum absolute atomic E-state index is 13.1. The lowest BCUT2D eigenvalue weighted by atomic mass is 9.99. The predicted octanol–water partition coefficient (Wildman–Crippen LogP) is 4.69. The summed E-state index contributed by atoms with van der Waals surface area (Å²) < 4.78 is 66.5. The van der Waals surface area contributed by atoms with Crippen LogP contribution in [0.5, 0.6) is 0 Å². The number of piperazine rings is 1. The number of sulfonamides is 1. The van der Waals surface area contributed by atoms with Gasteiger partial charge in [-0.05, 0) is 43.2 Å². The van der Waals surface area contributed by atoms with Crippen molar-refractivity contribution in [3.8, 4) is 0 Å². The summed E-state index contributed by atoms with van der Waals surface area (Å²) in [6.45, 7) is 2.41. The molecule has 3 heterocycles. The van der Waals surface area contributed by atoms with Crippen molar-refractivity contribution in [3.63, 3.8) is 0 Å². The number of benzene rings is 2. The first-order chi connectivity index (χ1) is 18.1. The highest BCUT2D eigenvalue weighted by molar-refractivity contribution is 7.89. The molecule has 12 heteroatoms.